The molecule has 2 aliphatic carbocycles. The van der Waals surface area contributed by atoms with Crippen molar-refractivity contribution in [2.24, 2.45) is 11.3 Å². The molecule has 0 aromatic heterocycles. The highest BCUT2D eigenvalue weighted by atomic mass is 16.5. The van der Waals surface area contributed by atoms with Crippen LogP contribution < -0.4 is 0 Å². The first kappa shape index (κ1) is 11.4. The van der Waals surface area contributed by atoms with Gasteiger partial charge >= 0.3 is 5.97 Å². The molecule has 0 heterocycles. The van der Waals surface area contributed by atoms with Crippen LogP contribution in [0.1, 0.15) is 39.5 Å². The minimum atomic E-state index is -0.0982. The SMILES string of the molecule is COC(=O)CC1C=C2C(=CCCC2(C)C)C1. The third kappa shape index (κ3) is 2.06. The zero-order chi connectivity index (χ0) is 11.8. The van der Waals surface area contributed by atoms with E-state index in [4.69, 9.17) is 4.74 Å². The molecule has 2 nitrogen and oxygen atoms in total. The number of allylic oxidation sites excluding steroid dienone is 4. The molecule has 0 spiro atoms. The summed E-state index contributed by atoms with van der Waals surface area (Å²) < 4.78 is 4.73. The number of hydrogen-bond donors (Lipinski definition) is 0. The fourth-order valence-electron chi connectivity index (χ4n) is 2.82. The highest BCUT2D eigenvalue weighted by molar-refractivity contribution is 5.70. The van der Waals surface area contributed by atoms with E-state index in [0.29, 0.717) is 12.3 Å². The van der Waals surface area contributed by atoms with E-state index in [1.165, 1.54) is 31.1 Å². The molecule has 0 bridgehead atoms. The lowest BCUT2D eigenvalue weighted by Gasteiger charge is -2.31. The van der Waals surface area contributed by atoms with Gasteiger partial charge in [0.2, 0.25) is 0 Å². The number of ether oxygens (including phenoxy) is 1. The Labute approximate surface area is 97.4 Å². The van der Waals surface area contributed by atoms with Crippen LogP contribution in [0.4, 0.5) is 0 Å². The van der Waals surface area contributed by atoms with E-state index in [-0.39, 0.29) is 11.4 Å². The summed E-state index contributed by atoms with van der Waals surface area (Å²) in [5.74, 6) is 0.255. The molecule has 0 saturated carbocycles. The Bertz CT molecular complexity index is 361. The molecule has 88 valence electrons. The number of fused-ring (bicyclic) bond motifs is 1. The first-order valence-electron chi connectivity index (χ1n) is 6.01. The molecule has 1 atom stereocenters. The Kier molecular flexibility index (Phi) is 2.92. The number of esters is 1. The third-order valence-corrected chi connectivity index (χ3v) is 3.78. The van der Waals surface area contributed by atoms with Crippen molar-refractivity contribution in [1.82, 2.24) is 0 Å². The maximum absolute atomic E-state index is 11.3. The molecule has 0 fully saturated rings. The Morgan fingerprint density at radius 3 is 2.94 bits per heavy atom. The summed E-state index contributed by atoms with van der Waals surface area (Å²) in [4.78, 5) is 11.3. The van der Waals surface area contributed by atoms with Crippen molar-refractivity contribution in [2.75, 3.05) is 7.11 Å². The van der Waals surface area contributed by atoms with Gasteiger partial charge in [0, 0.05) is 0 Å². The van der Waals surface area contributed by atoms with E-state index in [0.717, 1.165) is 6.42 Å². The molecule has 2 aliphatic rings. The van der Waals surface area contributed by atoms with E-state index >= 15 is 0 Å². The highest BCUT2D eigenvalue weighted by Crippen LogP contribution is 2.47. The van der Waals surface area contributed by atoms with Gasteiger partial charge in [0.05, 0.1) is 13.5 Å². The van der Waals surface area contributed by atoms with Crippen molar-refractivity contribution in [3.05, 3.63) is 23.3 Å². The predicted molar refractivity (Wildman–Crippen MR) is 63.9 cm³/mol. The molecular formula is C14H20O2. The van der Waals surface area contributed by atoms with Crippen LogP contribution in [0.5, 0.6) is 0 Å². The van der Waals surface area contributed by atoms with Crippen LogP contribution in [0.3, 0.4) is 0 Å². The summed E-state index contributed by atoms with van der Waals surface area (Å²) >= 11 is 0. The monoisotopic (exact) mass is 220 g/mol. The van der Waals surface area contributed by atoms with Gasteiger partial charge in [0.1, 0.15) is 0 Å². The molecule has 0 saturated heterocycles. The van der Waals surface area contributed by atoms with Crippen LogP contribution in [0, 0.1) is 11.3 Å². The second-order valence-corrected chi connectivity index (χ2v) is 5.48. The lowest BCUT2D eigenvalue weighted by molar-refractivity contribution is -0.141. The number of carbonyl (C=O) groups is 1. The number of hydrogen-bond acceptors (Lipinski definition) is 2. The van der Waals surface area contributed by atoms with Gasteiger partial charge in [-0.15, -0.1) is 0 Å². The largest absolute Gasteiger partial charge is 0.469 e. The van der Waals surface area contributed by atoms with Gasteiger partial charge in [-0.2, -0.15) is 0 Å². The van der Waals surface area contributed by atoms with Gasteiger partial charge in [-0.25, -0.2) is 0 Å². The fraction of sp³-hybridized carbons (Fsp3) is 0.643. The molecule has 0 radical (unpaired) electrons. The first-order chi connectivity index (χ1) is 7.53. The lowest BCUT2D eigenvalue weighted by atomic mass is 9.74. The van der Waals surface area contributed by atoms with E-state index in [9.17, 15) is 4.79 Å². The summed E-state index contributed by atoms with van der Waals surface area (Å²) in [5, 5.41) is 0. The van der Waals surface area contributed by atoms with Gasteiger partial charge in [0.15, 0.2) is 0 Å². The highest BCUT2D eigenvalue weighted by Gasteiger charge is 2.34. The molecule has 0 aromatic rings. The number of rotatable bonds is 2. The molecular weight excluding hydrogens is 200 g/mol. The minimum absolute atomic E-state index is 0.0982. The number of carbonyl (C=O) groups excluding carboxylic acids is 1. The van der Waals surface area contributed by atoms with Crippen molar-refractivity contribution in [2.45, 2.75) is 39.5 Å². The van der Waals surface area contributed by atoms with Crippen molar-refractivity contribution in [3.8, 4) is 0 Å². The smallest absolute Gasteiger partial charge is 0.306 e. The summed E-state index contributed by atoms with van der Waals surface area (Å²) in [6.07, 6.45) is 8.56. The molecule has 2 heteroatoms. The molecule has 0 aromatic carbocycles. The van der Waals surface area contributed by atoms with Crippen molar-refractivity contribution >= 4 is 5.97 Å². The Morgan fingerprint density at radius 2 is 2.31 bits per heavy atom. The van der Waals surface area contributed by atoms with E-state index in [2.05, 4.69) is 26.0 Å². The fourth-order valence-corrected chi connectivity index (χ4v) is 2.82. The quantitative estimate of drug-likeness (QED) is 0.668. The molecule has 0 aliphatic heterocycles. The Morgan fingerprint density at radius 1 is 1.56 bits per heavy atom. The second kappa shape index (κ2) is 4.08. The van der Waals surface area contributed by atoms with Crippen molar-refractivity contribution in [1.29, 1.82) is 0 Å². The van der Waals surface area contributed by atoms with E-state index < -0.39 is 0 Å². The maximum atomic E-state index is 11.3. The Balaban J connectivity index is 2.14. The standard InChI is InChI=1S/C14H20O2/c1-14(2)6-4-5-11-7-10(8-12(11)14)9-13(15)16-3/h5,8,10H,4,6-7,9H2,1-3H3. The lowest BCUT2D eigenvalue weighted by Crippen LogP contribution is -2.17. The minimum Gasteiger partial charge on any atom is -0.469 e. The molecule has 1 unspecified atom stereocenters. The van der Waals surface area contributed by atoms with Crippen LogP contribution >= 0.6 is 0 Å². The van der Waals surface area contributed by atoms with E-state index in [1.54, 1.807) is 0 Å². The van der Waals surface area contributed by atoms with Gasteiger partial charge in [0.25, 0.3) is 0 Å². The zero-order valence-electron chi connectivity index (χ0n) is 10.4. The predicted octanol–water partition coefficient (Wildman–Crippen LogP) is 3.24. The summed E-state index contributed by atoms with van der Waals surface area (Å²) in [7, 11) is 1.46. The molecule has 0 amide bonds. The average molecular weight is 220 g/mol. The van der Waals surface area contributed by atoms with Crippen LogP contribution in [-0.4, -0.2) is 13.1 Å². The van der Waals surface area contributed by atoms with Gasteiger partial charge in [-0.1, -0.05) is 26.0 Å². The molecule has 16 heavy (non-hydrogen) atoms. The van der Waals surface area contributed by atoms with Crippen molar-refractivity contribution in [3.63, 3.8) is 0 Å². The van der Waals surface area contributed by atoms with Gasteiger partial charge in [-0.05, 0) is 41.7 Å². The Hall–Kier alpha value is -1.05. The van der Waals surface area contributed by atoms with Crippen LogP contribution in [0.25, 0.3) is 0 Å². The summed E-state index contributed by atoms with van der Waals surface area (Å²) in [5.41, 5.74) is 3.22. The average Bonchev–Trinajstić information content (AvgIpc) is 2.61. The van der Waals surface area contributed by atoms with E-state index in [1.807, 2.05) is 0 Å². The third-order valence-electron chi connectivity index (χ3n) is 3.78. The van der Waals surface area contributed by atoms with Gasteiger partial charge in [-0.3, -0.25) is 4.79 Å². The molecule has 0 N–H and O–H groups in total. The first-order valence-corrected chi connectivity index (χ1v) is 6.01. The van der Waals surface area contributed by atoms with Crippen LogP contribution in [0.15, 0.2) is 23.3 Å². The molecule has 2 rings (SSSR count). The number of methoxy groups -OCH3 is 1. The van der Waals surface area contributed by atoms with Crippen LogP contribution in [0.2, 0.25) is 0 Å². The van der Waals surface area contributed by atoms with Crippen molar-refractivity contribution < 1.29 is 9.53 Å². The van der Waals surface area contributed by atoms with Crippen LogP contribution in [-0.2, 0) is 9.53 Å². The maximum Gasteiger partial charge on any atom is 0.306 e. The normalized spacial score (nSPS) is 26.8. The topological polar surface area (TPSA) is 26.3 Å². The summed E-state index contributed by atoms with van der Waals surface area (Å²) in [6, 6.07) is 0. The summed E-state index contributed by atoms with van der Waals surface area (Å²) in [6.45, 7) is 4.60. The van der Waals surface area contributed by atoms with Gasteiger partial charge < -0.3 is 4.74 Å². The second-order valence-electron chi connectivity index (χ2n) is 5.48. The zero-order valence-corrected chi connectivity index (χ0v) is 10.4.